The molecule has 78 valence electrons. The molecule has 1 aromatic carbocycles. The Hall–Kier alpha value is -1.75. The number of ether oxygens (including phenoxy) is 1. The summed E-state index contributed by atoms with van der Waals surface area (Å²) in [4.78, 5) is 27.0. The van der Waals surface area contributed by atoms with Crippen LogP contribution in [0, 0.1) is 0 Å². The van der Waals surface area contributed by atoms with Crippen LogP contribution in [0.4, 0.5) is 0 Å². The molecule has 2 rings (SSSR count). The molecule has 0 saturated carbocycles. The predicted octanol–water partition coefficient (Wildman–Crippen LogP) is 0.878. The molecule has 1 heterocycles. The van der Waals surface area contributed by atoms with Gasteiger partial charge in [-0.1, -0.05) is 11.6 Å². The Balaban J connectivity index is 2.94. The molecule has 0 saturated heterocycles. The smallest absolute Gasteiger partial charge is 0.326 e. The van der Waals surface area contributed by atoms with Gasteiger partial charge < -0.3 is 9.72 Å². The van der Waals surface area contributed by atoms with Crippen molar-refractivity contribution in [3.8, 4) is 5.75 Å². The Morgan fingerprint density at radius 2 is 2.00 bits per heavy atom. The third-order valence-electron chi connectivity index (χ3n) is 2.01. The maximum absolute atomic E-state index is 11.4. The van der Waals surface area contributed by atoms with Crippen molar-refractivity contribution >= 4 is 22.5 Å². The molecule has 2 N–H and O–H groups in total. The lowest BCUT2D eigenvalue weighted by Crippen LogP contribution is -2.21. The van der Waals surface area contributed by atoms with E-state index in [1.165, 1.54) is 19.2 Å². The van der Waals surface area contributed by atoms with Gasteiger partial charge in [0, 0.05) is 0 Å². The molecule has 0 unspecified atom stereocenters. The molecule has 0 bridgehead atoms. The van der Waals surface area contributed by atoms with E-state index in [1.54, 1.807) is 0 Å². The molecular weight excluding hydrogens is 220 g/mol. The van der Waals surface area contributed by atoms with Crippen LogP contribution in [0.3, 0.4) is 0 Å². The van der Waals surface area contributed by atoms with Crippen LogP contribution in [0.1, 0.15) is 0 Å². The van der Waals surface area contributed by atoms with Gasteiger partial charge in [-0.05, 0) is 12.1 Å². The molecular formula is C9H7ClN2O3. The van der Waals surface area contributed by atoms with Crippen molar-refractivity contribution < 1.29 is 4.74 Å². The van der Waals surface area contributed by atoms with Gasteiger partial charge >= 0.3 is 5.69 Å². The van der Waals surface area contributed by atoms with E-state index in [4.69, 9.17) is 16.3 Å². The fraction of sp³-hybridized carbons (Fsp3) is 0.111. The Kier molecular flexibility index (Phi) is 2.24. The van der Waals surface area contributed by atoms with Crippen LogP contribution in [0.15, 0.2) is 21.7 Å². The number of aromatic nitrogens is 2. The predicted molar refractivity (Wildman–Crippen MR) is 56.8 cm³/mol. The molecule has 5 nitrogen and oxygen atoms in total. The molecule has 2 aromatic rings. The van der Waals surface area contributed by atoms with Crippen LogP contribution in [0.5, 0.6) is 5.75 Å². The van der Waals surface area contributed by atoms with Crippen LogP contribution in [0.25, 0.3) is 10.9 Å². The lowest BCUT2D eigenvalue weighted by Gasteiger charge is -2.03. The number of nitrogens with one attached hydrogen (secondary N) is 2. The van der Waals surface area contributed by atoms with E-state index in [1.807, 2.05) is 0 Å². The minimum Gasteiger partial charge on any atom is -0.495 e. The van der Waals surface area contributed by atoms with Crippen molar-refractivity contribution in [2.75, 3.05) is 7.11 Å². The zero-order valence-corrected chi connectivity index (χ0v) is 8.51. The van der Waals surface area contributed by atoms with Gasteiger partial charge in [0.25, 0.3) is 5.56 Å². The number of methoxy groups -OCH3 is 1. The molecule has 0 atom stereocenters. The molecule has 0 amide bonds. The minimum absolute atomic E-state index is 0.329. The molecule has 0 aliphatic carbocycles. The van der Waals surface area contributed by atoms with Crippen molar-refractivity contribution in [3.05, 3.63) is 38.0 Å². The first-order valence-corrected chi connectivity index (χ1v) is 4.49. The van der Waals surface area contributed by atoms with Gasteiger partial charge in [0.05, 0.1) is 23.0 Å². The largest absolute Gasteiger partial charge is 0.495 e. The topological polar surface area (TPSA) is 75.0 Å². The maximum atomic E-state index is 11.4. The van der Waals surface area contributed by atoms with Crippen molar-refractivity contribution in [2.24, 2.45) is 0 Å². The average molecular weight is 227 g/mol. The SMILES string of the molecule is COc1cc2c(=O)[nH]c(=O)[nH]c2cc1Cl. The van der Waals surface area contributed by atoms with E-state index in [0.717, 1.165) is 0 Å². The maximum Gasteiger partial charge on any atom is 0.326 e. The molecule has 1 aromatic heterocycles. The first kappa shape index (κ1) is 9.79. The minimum atomic E-state index is -0.561. The molecule has 15 heavy (non-hydrogen) atoms. The van der Waals surface area contributed by atoms with Gasteiger partial charge in [-0.3, -0.25) is 9.78 Å². The highest BCUT2D eigenvalue weighted by Gasteiger charge is 2.06. The Morgan fingerprint density at radius 1 is 1.27 bits per heavy atom. The van der Waals surface area contributed by atoms with E-state index in [0.29, 0.717) is 21.7 Å². The second-order valence-electron chi connectivity index (χ2n) is 2.94. The van der Waals surface area contributed by atoms with Gasteiger partial charge in [0.2, 0.25) is 0 Å². The first-order chi connectivity index (χ1) is 7.11. The second kappa shape index (κ2) is 3.43. The number of rotatable bonds is 1. The summed E-state index contributed by atoms with van der Waals surface area (Å²) in [7, 11) is 1.45. The van der Waals surface area contributed by atoms with Gasteiger partial charge in [0.15, 0.2) is 0 Å². The summed E-state index contributed by atoms with van der Waals surface area (Å²) in [6, 6.07) is 2.96. The standard InChI is InChI=1S/C9H7ClN2O3/c1-15-7-2-4-6(3-5(7)10)11-9(14)12-8(4)13/h2-3H,1H3,(H2,11,12,13,14). The Morgan fingerprint density at radius 3 is 2.67 bits per heavy atom. The first-order valence-electron chi connectivity index (χ1n) is 4.11. The normalized spacial score (nSPS) is 10.5. The van der Waals surface area contributed by atoms with Gasteiger partial charge in [-0.25, -0.2) is 4.79 Å². The van der Waals surface area contributed by atoms with Crippen molar-refractivity contribution in [1.82, 2.24) is 9.97 Å². The fourth-order valence-corrected chi connectivity index (χ4v) is 1.57. The summed E-state index contributed by atoms with van der Waals surface area (Å²) in [6.45, 7) is 0. The summed E-state index contributed by atoms with van der Waals surface area (Å²) in [5, 5.41) is 0.669. The average Bonchev–Trinajstić information content (AvgIpc) is 2.16. The van der Waals surface area contributed by atoms with Gasteiger partial charge in [-0.2, -0.15) is 0 Å². The molecule has 0 aliphatic rings. The molecule has 0 fully saturated rings. The van der Waals surface area contributed by atoms with Crippen molar-refractivity contribution in [3.63, 3.8) is 0 Å². The van der Waals surface area contributed by atoms with E-state index in [-0.39, 0.29) is 0 Å². The molecule has 0 radical (unpaired) electrons. The van der Waals surface area contributed by atoms with Crippen LogP contribution >= 0.6 is 11.6 Å². The third-order valence-corrected chi connectivity index (χ3v) is 2.31. The number of hydrogen-bond acceptors (Lipinski definition) is 3. The fourth-order valence-electron chi connectivity index (χ4n) is 1.33. The summed E-state index contributed by atoms with van der Waals surface area (Å²) >= 11 is 5.85. The number of H-pyrrole nitrogens is 2. The zero-order valence-electron chi connectivity index (χ0n) is 7.76. The van der Waals surface area contributed by atoms with E-state index in [9.17, 15) is 9.59 Å². The summed E-state index contributed by atoms with van der Waals surface area (Å²) < 4.78 is 4.96. The highest BCUT2D eigenvalue weighted by Crippen LogP contribution is 2.26. The quantitative estimate of drug-likeness (QED) is 0.758. The number of halogens is 1. The van der Waals surface area contributed by atoms with Crippen LogP contribution in [0.2, 0.25) is 5.02 Å². The third kappa shape index (κ3) is 1.61. The summed E-state index contributed by atoms with van der Waals surface area (Å²) in [5.74, 6) is 0.390. The van der Waals surface area contributed by atoms with E-state index < -0.39 is 11.2 Å². The van der Waals surface area contributed by atoms with Crippen LogP contribution in [-0.4, -0.2) is 17.1 Å². The second-order valence-corrected chi connectivity index (χ2v) is 3.35. The Labute approximate surface area is 88.7 Å². The number of hydrogen-bond donors (Lipinski definition) is 2. The number of aromatic amines is 2. The highest BCUT2D eigenvalue weighted by atomic mass is 35.5. The molecule has 0 aliphatic heterocycles. The number of fused-ring (bicyclic) bond motifs is 1. The van der Waals surface area contributed by atoms with E-state index >= 15 is 0 Å². The highest BCUT2D eigenvalue weighted by molar-refractivity contribution is 6.32. The Bertz CT molecular complexity index is 629. The lowest BCUT2D eigenvalue weighted by atomic mass is 10.2. The zero-order chi connectivity index (χ0) is 11.0. The van der Waals surface area contributed by atoms with Gasteiger partial charge in [0.1, 0.15) is 5.75 Å². The summed E-state index contributed by atoms with van der Waals surface area (Å²) in [5.41, 5.74) is -0.646. The van der Waals surface area contributed by atoms with Gasteiger partial charge in [-0.15, -0.1) is 0 Å². The van der Waals surface area contributed by atoms with Crippen molar-refractivity contribution in [1.29, 1.82) is 0 Å². The van der Waals surface area contributed by atoms with E-state index in [2.05, 4.69) is 9.97 Å². The van der Waals surface area contributed by atoms with Crippen molar-refractivity contribution in [2.45, 2.75) is 0 Å². The van der Waals surface area contributed by atoms with Crippen LogP contribution < -0.4 is 16.0 Å². The van der Waals surface area contributed by atoms with Crippen LogP contribution in [-0.2, 0) is 0 Å². The molecule has 0 spiro atoms. The lowest BCUT2D eigenvalue weighted by molar-refractivity contribution is 0.415. The number of benzene rings is 1. The summed E-state index contributed by atoms with van der Waals surface area (Å²) in [6.07, 6.45) is 0. The monoisotopic (exact) mass is 226 g/mol. The molecule has 6 heteroatoms.